The molecule has 0 saturated carbocycles. The summed E-state index contributed by atoms with van der Waals surface area (Å²) in [5.41, 5.74) is 9.67. The minimum absolute atomic E-state index is 0.869. The van der Waals surface area contributed by atoms with E-state index in [0.29, 0.717) is 0 Å². The summed E-state index contributed by atoms with van der Waals surface area (Å²) in [5.74, 6) is 0.869. The molecule has 0 heterocycles. The third-order valence-corrected chi connectivity index (χ3v) is 3.04. The van der Waals surface area contributed by atoms with Gasteiger partial charge >= 0.3 is 0 Å². The molecular weight excluding hydrogens is 158 g/mol. The first kappa shape index (κ1) is 8.61. The predicted molar refractivity (Wildman–Crippen MR) is 56.7 cm³/mol. The van der Waals surface area contributed by atoms with Gasteiger partial charge in [-0.25, -0.2) is 0 Å². The monoisotopic (exact) mass is 175 g/mol. The molecule has 2 rings (SSSR count). The zero-order chi connectivity index (χ0) is 9.26. The standard InChI is InChI=1S/C12H17N/c1-9-2-4-10-6-7-12(13)8-11(10)5-3-9/h6-9H,2-5,13H2,1H3/t9-/m1/s1. The highest BCUT2D eigenvalue weighted by atomic mass is 14.5. The highest BCUT2D eigenvalue weighted by molar-refractivity contribution is 5.45. The second-order valence-corrected chi connectivity index (χ2v) is 4.21. The van der Waals surface area contributed by atoms with Crippen molar-refractivity contribution in [3.63, 3.8) is 0 Å². The van der Waals surface area contributed by atoms with Gasteiger partial charge < -0.3 is 5.73 Å². The normalized spacial score (nSPS) is 22.1. The van der Waals surface area contributed by atoms with Gasteiger partial charge in [0.15, 0.2) is 0 Å². The molecule has 0 bridgehead atoms. The number of nitrogen functional groups attached to an aromatic ring is 1. The van der Waals surface area contributed by atoms with Crippen molar-refractivity contribution < 1.29 is 0 Å². The molecular formula is C12H17N. The van der Waals surface area contributed by atoms with Crippen LogP contribution in [0, 0.1) is 5.92 Å². The molecule has 0 unspecified atom stereocenters. The molecule has 13 heavy (non-hydrogen) atoms. The van der Waals surface area contributed by atoms with Gasteiger partial charge in [-0.1, -0.05) is 13.0 Å². The van der Waals surface area contributed by atoms with Crippen LogP contribution >= 0.6 is 0 Å². The maximum Gasteiger partial charge on any atom is 0.0316 e. The molecule has 1 nitrogen and oxygen atoms in total. The van der Waals surface area contributed by atoms with Crippen LogP contribution in [0.15, 0.2) is 18.2 Å². The summed E-state index contributed by atoms with van der Waals surface area (Å²) < 4.78 is 0. The van der Waals surface area contributed by atoms with E-state index in [4.69, 9.17) is 5.73 Å². The molecule has 0 amide bonds. The Morgan fingerprint density at radius 1 is 1.15 bits per heavy atom. The van der Waals surface area contributed by atoms with Crippen LogP contribution in [0.25, 0.3) is 0 Å². The molecule has 70 valence electrons. The molecule has 0 radical (unpaired) electrons. The molecule has 1 heteroatoms. The zero-order valence-corrected chi connectivity index (χ0v) is 8.22. The molecule has 1 aliphatic rings. The van der Waals surface area contributed by atoms with E-state index in [-0.39, 0.29) is 0 Å². The first-order valence-electron chi connectivity index (χ1n) is 5.13. The Morgan fingerprint density at radius 2 is 1.85 bits per heavy atom. The maximum atomic E-state index is 5.77. The number of hydrogen-bond acceptors (Lipinski definition) is 1. The molecule has 1 atom stereocenters. The van der Waals surface area contributed by atoms with E-state index in [2.05, 4.69) is 19.1 Å². The second kappa shape index (κ2) is 3.41. The van der Waals surface area contributed by atoms with Crippen LogP contribution in [-0.4, -0.2) is 0 Å². The van der Waals surface area contributed by atoms with Gasteiger partial charge in [0, 0.05) is 5.69 Å². The van der Waals surface area contributed by atoms with Crippen LogP contribution in [0.3, 0.4) is 0 Å². The fourth-order valence-electron chi connectivity index (χ4n) is 2.07. The lowest BCUT2D eigenvalue weighted by molar-refractivity contribution is 0.510. The molecule has 1 aromatic rings. The summed E-state index contributed by atoms with van der Waals surface area (Å²) in [6.45, 7) is 2.34. The fourth-order valence-corrected chi connectivity index (χ4v) is 2.07. The number of rotatable bonds is 0. The van der Waals surface area contributed by atoms with Crippen LogP contribution in [0.5, 0.6) is 0 Å². The Hall–Kier alpha value is -0.980. The van der Waals surface area contributed by atoms with Crippen LogP contribution < -0.4 is 5.73 Å². The number of aryl methyl sites for hydroxylation is 2. The van der Waals surface area contributed by atoms with Crippen molar-refractivity contribution in [2.75, 3.05) is 5.73 Å². The van der Waals surface area contributed by atoms with E-state index in [0.717, 1.165) is 11.6 Å². The summed E-state index contributed by atoms with van der Waals surface area (Å²) in [4.78, 5) is 0. The van der Waals surface area contributed by atoms with E-state index >= 15 is 0 Å². The van der Waals surface area contributed by atoms with Crippen molar-refractivity contribution in [1.82, 2.24) is 0 Å². The van der Waals surface area contributed by atoms with E-state index in [1.54, 1.807) is 0 Å². The number of nitrogens with two attached hydrogens (primary N) is 1. The van der Waals surface area contributed by atoms with Crippen molar-refractivity contribution in [3.05, 3.63) is 29.3 Å². The van der Waals surface area contributed by atoms with Gasteiger partial charge in [-0.05, 0) is 54.9 Å². The van der Waals surface area contributed by atoms with Gasteiger partial charge in [0.2, 0.25) is 0 Å². The van der Waals surface area contributed by atoms with Crippen LogP contribution in [0.1, 0.15) is 30.9 Å². The third-order valence-electron chi connectivity index (χ3n) is 3.04. The lowest BCUT2D eigenvalue weighted by Crippen LogP contribution is -1.93. The largest absolute Gasteiger partial charge is 0.399 e. The summed E-state index contributed by atoms with van der Waals surface area (Å²) in [7, 11) is 0. The highest BCUT2D eigenvalue weighted by Crippen LogP contribution is 2.25. The van der Waals surface area contributed by atoms with E-state index in [1.165, 1.54) is 36.8 Å². The smallest absolute Gasteiger partial charge is 0.0316 e. The molecule has 0 spiro atoms. The minimum atomic E-state index is 0.869. The molecule has 0 aromatic heterocycles. The van der Waals surface area contributed by atoms with Crippen LogP contribution in [0.4, 0.5) is 5.69 Å². The van der Waals surface area contributed by atoms with Crippen molar-refractivity contribution in [1.29, 1.82) is 0 Å². The van der Waals surface area contributed by atoms with Gasteiger partial charge in [0.1, 0.15) is 0 Å². The fraction of sp³-hybridized carbons (Fsp3) is 0.500. The van der Waals surface area contributed by atoms with Gasteiger partial charge in [-0.3, -0.25) is 0 Å². The van der Waals surface area contributed by atoms with Crippen molar-refractivity contribution >= 4 is 5.69 Å². The van der Waals surface area contributed by atoms with Crippen molar-refractivity contribution in [3.8, 4) is 0 Å². The highest BCUT2D eigenvalue weighted by Gasteiger charge is 2.12. The average Bonchev–Trinajstić information content (AvgIpc) is 2.29. The summed E-state index contributed by atoms with van der Waals surface area (Å²) in [5, 5.41) is 0. The molecule has 0 saturated heterocycles. The summed E-state index contributed by atoms with van der Waals surface area (Å²) in [6.07, 6.45) is 5.09. The van der Waals surface area contributed by atoms with Gasteiger partial charge in [0.05, 0.1) is 0 Å². The molecule has 1 aliphatic carbocycles. The zero-order valence-electron chi connectivity index (χ0n) is 8.22. The lowest BCUT2D eigenvalue weighted by Gasteiger charge is -2.05. The second-order valence-electron chi connectivity index (χ2n) is 4.21. The molecule has 2 N–H and O–H groups in total. The molecule has 0 aliphatic heterocycles. The summed E-state index contributed by atoms with van der Waals surface area (Å²) in [6, 6.07) is 6.37. The average molecular weight is 175 g/mol. The van der Waals surface area contributed by atoms with Gasteiger partial charge in [0.25, 0.3) is 0 Å². The quantitative estimate of drug-likeness (QED) is 0.476. The van der Waals surface area contributed by atoms with Gasteiger partial charge in [-0.15, -0.1) is 0 Å². The van der Waals surface area contributed by atoms with E-state index < -0.39 is 0 Å². The van der Waals surface area contributed by atoms with Crippen molar-refractivity contribution in [2.24, 2.45) is 5.92 Å². The Bertz CT molecular complexity index is 304. The van der Waals surface area contributed by atoms with Crippen LogP contribution in [-0.2, 0) is 12.8 Å². The number of hydrogen-bond donors (Lipinski definition) is 1. The molecule has 1 aromatic carbocycles. The third kappa shape index (κ3) is 1.85. The Kier molecular flexibility index (Phi) is 2.26. The topological polar surface area (TPSA) is 26.0 Å². The Morgan fingerprint density at radius 3 is 2.62 bits per heavy atom. The maximum absolute atomic E-state index is 5.77. The predicted octanol–water partition coefficient (Wildman–Crippen LogP) is 2.78. The number of benzene rings is 1. The Balaban J connectivity index is 2.30. The minimum Gasteiger partial charge on any atom is -0.399 e. The van der Waals surface area contributed by atoms with Crippen molar-refractivity contribution in [2.45, 2.75) is 32.6 Å². The number of fused-ring (bicyclic) bond motifs is 1. The van der Waals surface area contributed by atoms with E-state index in [1.807, 2.05) is 6.07 Å². The number of anilines is 1. The first-order chi connectivity index (χ1) is 6.25. The molecule has 0 fully saturated rings. The first-order valence-corrected chi connectivity index (χ1v) is 5.13. The lowest BCUT2D eigenvalue weighted by atomic mass is 10.0. The van der Waals surface area contributed by atoms with E-state index in [9.17, 15) is 0 Å². The summed E-state index contributed by atoms with van der Waals surface area (Å²) >= 11 is 0. The van der Waals surface area contributed by atoms with Gasteiger partial charge in [-0.2, -0.15) is 0 Å². The Labute approximate surface area is 80.0 Å². The van der Waals surface area contributed by atoms with Crippen LogP contribution in [0.2, 0.25) is 0 Å². The SMILES string of the molecule is C[C@@H]1CCc2ccc(N)cc2CC1.